The van der Waals surface area contributed by atoms with E-state index in [1.165, 1.54) is 0 Å². The fraction of sp³-hybridized carbons (Fsp3) is 0.222. The van der Waals surface area contributed by atoms with E-state index in [0.29, 0.717) is 16.3 Å². The molecule has 0 atom stereocenters. The van der Waals surface area contributed by atoms with Crippen LogP contribution in [0.2, 0.25) is 0 Å². The number of aldehydes is 1. The molecule has 0 fully saturated rings. The van der Waals surface area contributed by atoms with Crippen LogP contribution in [0, 0.1) is 20.8 Å². The molecule has 0 amide bonds. The van der Waals surface area contributed by atoms with Gasteiger partial charge in [-0.1, -0.05) is 12.1 Å². The number of pyridine rings is 1. The van der Waals surface area contributed by atoms with E-state index in [-0.39, 0.29) is 12.0 Å². The number of hydrogen-bond donors (Lipinski definition) is 0. The molecule has 3 heteroatoms. The molecule has 0 saturated carbocycles. The van der Waals surface area contributed by atoms with Crippen LogP contribution < -0.4 is 5.43 Å². The Balaban J connectivity index is 2.64. The smallest absolute Gasteiger partial charge is 0.197 e. The van der Waals surface area contributed by atoms with Crippen LogP contribution >= 0.6 is 0 Å². The van der Waals surface area contributed by atoms with Crippen LogP contribution in [0.1, 0.15) is 18.1 Å². The van der Waals surface area contributed by atoms with E-state index in [9.17, 15) is 9.59 Å². The van der Waals surface area contributed by atoms with E-state index < -0.39 is 6.26 Å². The zero-order valence-corrected chi connectivity index (χ0v) is 12.4. The van der Waals surface area contributed by atoms with Gasteiger partial charge in [-0.3, -0.25) is 4.79 Å². The van der Waals surface area contributed by atoms with Crippen molar-refractivity contribution in [1.82, 2.24) is 4.57 Å². The Bertz CT molecular complexity index is 986. The van der Waals surface area contributed by atoms with E-state index >= 15 is 0 Å². The number of benzene rings is 2. The lowest BCUT2D eigenvalue weighted by Crippen LogP contribution is -2.13. The predicted molar refractivity (Wildman–Crippen MR) is 86.0 cm³/mol. The SMILES string of the molecule is [3H]C(=O)Cn1c2cc(C)ccc2c(=O)c2ccc(C)c(C)c21. The first kappa shape index (κ1) is 12.3. The maximum atomic E-state index is 12.8. The summed E-state index contributed by atoms with van der Waals surface area (Å²) >= 11 is 0. The van der Waals surface area contributed by atoms with Crippen LogP contribution in [0.5, 0.6) is 0 Å². The molecule has 21 heavy (non-hydrogen) atoms. The highest BCUT2D eigenvalue weighted by Gasteiger charge is 2.13. The Labute approximate surface area is 124 Å². The highest BCUT2D eigenvalue weighted by atomic mass is 16.1. The lowest BCUT2D eigenvalue weighted by molar-refractivity contribution is -0.108. The summed E-state index contributed by atoms with van der Waals surface area (Å²) in [5.74, 6) is 0. The van der Waals surface area contributed by atoms with Gasteiger partial charge in [-0.2, -0.15) is 0 Å². The fourth-order valence-corrected chi connectivity index (χ4v) is 2.88. The minimum atomic E-state index is -0.673. The molecule has 3 rings (SSSR count). The highest BCUT2D eigenvalue weighted by Crippen LogP contribution is 2.24. The van der Waals surface area contributed by atoms with Gasteiger partial charge in [0.25, 0.3) is 0 Å². The molecule has 0 aliphatic carbocycles. The van der Waals surface area contributed by atoms with Gasteiger partial charge in [-0.25, -0.2) is 0 Å². The molecule has 1 heterocycles. The lowest BCUT2D eigenvalue weighted by atomic mass is 10.0. The number of aromatic nitrogens is 1. The van der Waals surface area contributed by atoms with Gasteiger partial charge < -0.3 is 9.36 Å². The average molecular weight is 281 g/mol. The quantitative estimate of drug-likeness (QED) is 0.534. The standard InChI is InChI=1S/C18H17NO2/c1-11-4-6-14-16(10-11)19(8-9-20)17-13(3)12(2)5-7-15(17)18(14)21/h4-7,9-10H,8H2,1-3H3/i9T. The maximum Gasteiger partial charge on any atom is 0.197 e. The fourth-order valence-electron chi connectivity index (χ4n) is 2.88. The molecule has 0 saturated heterocycles. The summed E-state index contributed by atoms with van der Waals surface area (Å²) in [6.45, 7) is 5.82. The maximum absolute atomic E-state index is 12.8. The Morgan fingerprint density at radius 2 is 1.86 bits per heavy atom. The van der Waals surface area contributed by atoms with Gasteiger partial charge in [0.05, 0.1) is 17.6 Å². The zero-order valence-electron chi connectivity index (χ0n) is 13.4. The van der Waals surface area contributed by atoms with E-state index in [0.717, 1.165) is 22.2 Å². The number of rotatable bonds is 2. The van der Waals surface area contributed by atoms with Crippen molar-refractivity contribution in [3.8, 4) is 0 Å². The number of fused-ring (bicyclic) bond motifs is 2. The third-order valence-corrected chi connectivity index (χ3v) is 4.13. The van der Waals surface area contributed by atoms with Crippen molar-refractivity contribution in [2.45, 2.75) is 27.3 Å². The summed E-state index contributed by atoms with van der Waals surface area (Å²) in [5.41, 5.74) is 4.49. The molecular weight excluding hydrogens is 262 g/mol. The monoisotopic (exact) mass is 281 g/mol. The molecule has 0 aliphatic rings. The van der Waals surface area contributed by atoms with Crippen LogP contribution in [-0.4, -0.2) is 10.8 Å². The summed E-state index contributed by atoms with van der Waals surface area (Å²) in [4.78, 5) is 24.2. The van der Waals surface area contributed by atoms with Crippen LogP contribution in [0.25, 0.3) is 21.8 Å². The Hall–Kier alpha value is -2.42. The number of carbonyl (C=O) groups is 1. The lowest BCUT2D eigenvalue weighted by Gasteiger charge is -2.16. The molecule has 2 aromatic carbocycles. The number of aryl methyl sites for hydroxylation is 3. The summed E-state index contributed by atoms with van der Waals surface area (Å²) in [5, 5.41) is 1.18. The normalized spacial score (nSPS) is 11.9. The number of nitrogens with zero attached hydrogens (tertiary/aromatic N) is 1. The van der Waals surface area contributed by atoms with Crippen molar-refractivity contribution in [2.75, 3.05) is 0 Å². The first-order valence-corrected chi connectivity index (χ1v) is 6.92. The number of hydrogen-bond acceptors (Lipinski definition) is 2. The molecule has 0 radical (unpaired) electrons. The van der Waals surface area contributed by atoms with Crippen LogP contribution in [0.4, 0.5) is 0 Å². The minimum Gasteiger partial charge on any atom is -0.333 e. The highest BCUT2D eigenvalue weighted by molar-refractivity contribution is 5.96. The molecule has 0 spiro atoms. The van der Waals surface area contributed by atoms with Gasteiger partial charge in [0.2, 0.25) is 0 Å². The second-order valence-electron chi connectivity index (χ2n) is 5.48. The second-order valence-corrected chi connectivity index (χ2v) is 5.48. The van der Waals surface area contributed by atoms with Gasteiger partial charge in [0.1, 0.15) is 7.63 Å². The van der Waals surface area contributed by atoms with E-state index in [2.05, 4.69) is 0 Å². The van der Waals surface area contributed by atoms with Gasteiger partial charge in [0, 0.05) is 10.8 Å². The second kappa shape index (κ2) is 4.85. The van der Waals surface area contributed by atoms with Gasteiger partial charge in [-0.05, 0) is 55.7 Å². The van der Waals surface area contributed by atoms with Gasteiger partial charge in [-0.15, -0.1) is 0 Å². The molecule has 106 valence electrons. The van der Waals surface area contributed by atoms with Crippen molar-refractivity contribution in [2.24, 2.45) is 0 Å². The van der Waals surface area contributed by atoms with E-state index in [1.807, 2.05) is 45.0 Å². The van der Waals surface area contributed by atoms with Crippen LogP contribution in [0.3, 0.4) is 0 Å². The topological polar surface area (TPSA) is 39.1 Å². The van der Waals surface area contributed by atoms with Crippen molar-refractivity contribution < 1.29 is 6.17 Å². The molecular formula is C18H17NO2. The van der Waals surface area contributed by atoms with E-state index in [1.54, 1.807) is 10.6 Å². The molecule has 0 bridgehead atoms. The summed E-state index contributed by atoms with van der Waals surface area (Å²) in [6.07, 6.45) is -0.673. The van der Waals surface area contributed by atoms with Crippen molar-refractivity contribution in [1.29, 1.82) is 0 Å². The average Bonchev–Trinajstić information content (AvgIpc) is 2.46. The van der Waals surface area contributed by atoms with E-state index in [4.69, 9.17) is 1.37 Å². The molecule has 0 unspecified atom stereocenters. The van der Waals surface area contributed by atoms with Crippen LogP contribution in [-0.2, 0) is 11.3 Å². The molecule has 0 N–H and O–H groups in total. The molecule has 3 aromatic rings. The van der Waals surface area contributed by atoms with Crippen LogP contribution in [0.15, 0.2) is 35.1 Å². The molecule has 0 aliphatic heterocycles. The zero-order chi connectivity index (χ0) is 16.0. The largest absolute Gasteiger partial charge is 0.333 e. The Kier molecular flexibility index (Phi) is 2.85. The minimum absolute atomic E-state index is 0.0261. The predicted octanol–water partition coefficient (Wildman–Crippen LogP) is 3.28. The third-order valence-electron chi connectivity index (χ3n) is 4.13. The van der Waals surface area contributed by atoms with Gasteiger partial charge in [0.15, 0.2) is 5.43 Å². The first-order valence-electron chi connectivity index (χ1n) is 7.42. The Morgan fingerprint density at radius 1 is 1.14 bits per heavy atom. The van der Waals surface area contributed by atoms with Crippen molar-refractivity contribution in [3.05, 3.63) is 57.2 Å². The Morgan fingerprint density at radius 3 is 2.57 bits per heavy atom. The summed E-state index contributed by atoms with van der Waals surface area (Å²) < 4.78 is 9.16. The summed E-state index contributed by atoms with van der Waals surface area (Å²) in [6, 6.07) is 9.33. The van der Waals surface area contributed by atoms with Crippen molar-refractivity contribution in [3.63, 3.8) is 0 Å². The molecule has 1 aromatic heterocycles. The van der Waals surface area contributed by atoms with Gasteiger partial charge >= 0.3 is 0 Å². The summed E-state index contributed by atoms with van der Waals surface area (Å²) in [7, 11) is 0. The molecule has 3 nitrogen and oxygen atoms in total. The van der Waals surface area contributed by atoms with Crippen molar-refractivity contribution >= 4 is 28.1 Å². The third kappa shape index (κ3) is 1.97. The first-order chi connectivity index (χ1) is 10.4. The number of carbonyl (C=O) groups excluding carboxylic acids is 1.